The second kappa shape index (κ2) is 5.96. The summed E-state index contributed by atoms with van der Waals surface area (Å²) in [7, 11) is 2.02. The molecule has 0 bridgehead atoms. The molecule has 0 N–H and O–H groups in total. The first kappa shape index (κ1) is 15.2. The van der Waals surface area contributed by atoms with E-state index in [0.29, 0.717) is 5.92 Å². The first-order chi connectivity index (χ1) is 11.6. The lowest BCUT2D eigenvalue weighted by molar-refractivity contribution is 0.0745. The molecule has 126 valence electrons. The number of anilines is 1. The van der Waals surface area contributed by atoms with Crippen LogP contribution in [0.3, 0.4) is 0 Å². The number of aromatic nitrogens is 2. The van der Waals surface area contributed by atoms with Crippen LogP contribution < -0.4 is 4.90 Å². The number of carbonyl (C=O) groups is 1. The van der Waals surface area contributed by atoms with Gasteiger partial charge in [0, 0.05) is 50.8 Å². The summed E-state index contributed by atoms with van der Waals surface area (Å²) in [4.78, 5) is 17.0. The first-order valence-electron chi connectivity index (χ1n) is 8.77. The molecule has 2 aromatic rings. The lowest BCUT2D eigenvalue weighted by Gasteiger charge is -2.36. The van der Waals surface area contributed by atoms with Gasteiger partial charge in [-0.3, -0.25) is 9.48 Å². The van der Waals surface area contributed by atoms with Crippen LogP contribution in [0.15, 0.2) is 30.3 Å². The molecule has 1 aliphatic carbocycles. The van der Waals surface area contributed by atoms with Crippen molar-refractivity contribution in [2.45, 2.75) is 25.7 Å². The van der Waals surface area contributed by atoms with Crippen molar-refractivity contribution in [3.63, 3.8) is 0 Å². The Labute approximate surface area is 142 Å². The number of rotatable bonds is 3. The molecule has 4 rings (SSSR count). The molecular formula is C19H24N4O. The van der Waals surface area contributed by atoms with E-state index in [1.807, 2.05) is 47.8 Å². The zero-order chi connectivity index (χ0) is 16.7. The molecule has 1 saturated carbocycles. The number of hydrogen-bond donors (Lipinski definition) is 0. The van der Waals surface area contributed by atoms with Gasteiger partial charge in [0.25, 0.3) is 5.91 Å². The van der Waals surface area contributed by atoms with E-state index in [0.717, 1.165) is 37.3 Å². The fraction of sp³-hybridized carbons (Fsp3) is 0.474. The van der Waals surface area contributed by atoms with Crippen molar-refractivity contribution in [3.05, 3.63) is 47.2 Å². The van der Waals surface area contributed by atoms with Crippen LogP contribution in [0.2, 0.25) is 0 Å². The number of nitrogens with zero attached hydrogens (tertiary/aromatic N) is 4. The summed E-state index contributed by atoms with van der Waals surface area (Å²) in [5.74, 6) is 2.00. The van der Waals surface area contributed by atoms with Crippen molar-refractivity contribution in [1.82, 2.24) is 14.7 Å². The minimum atomic E-state index is 0.149. The Morgan fingerprint density at radius 3 is 2.50 bits per heavy atom. The van der Waals surface area contributed by atoms with Gasteiger partial charge >= 0.3 is 0 Å². The van der Waals surface area contributed by atoms with Crippen LogP contribution in [-0.2, 0) is 7.05 Å². The van der Waals surface area contributed by atoms with Crippen LogP contribution in [0.1, 0.15) is 40.4 Å². The van der Waals surface area contributed by atoms with Gasteiger partial charge in [-0.05, 0) is 31.4 Å². The Morgan fingerprint density at radius 1 is 1.12 bits per heavy atom. The fourth-order valence-corrected chi connectivity index (χ4v) is 3.48. The molecular weight excluding hydrogens is 300 g/mol. The molecule has 5 nitrogen and oxygen atoms in total. The topological polar surface area (TPSA) is 41.4 Å². The van der Waals surface area contributed by atoms with E-state index in [2.05, 4.69) is 16.1 Å². The van der Waals surface area contributed by atoms with Crippen LogP contribution in [0.25, 0.3) is 0 Å². The summed E-state index contributed by atoms with van der Waals surface area (Å²) in [5.41, 5.74) is 3.10. The molecule has 1 aliphatic heterocycles. The van der Waals surface area contributed by atoms with Gasteiger partial charge in [0.05, 0.1) is 5.69 Å². The quantitative estimate of drug-likeness (QED) is 0.871. The van der Waals surface area contributed by atoms with E-state index >= 15 is 0 Å². The van der Waals surface area contributed by atoms with Gasteiger partial charge in [-0.15, -0.1) is 0 Å². The third kappa shape index (κ3) is 2.79. The average Bonchev–Trinajstić information content (AvgIpc) is 3.37. The zero-order valence-corrected chi connectivity index (χ0v) is 14.4. The minimum absolute atomic E-state index is 0.149. The van der Waals surface area contributed by atoms with Gasteiger partial charge in [0.15, 0.2) is 0 Å². The van der Waals surface area contributed by atoms with Gasteiger partial charge in [-0.2, -0.15) is 5.10 Å². The van der Waals surface area contributed by atoms with Crippen LogP contribution in [0.5, 0.6) is 0 Å². The summed E-state index contributed by atoms with van der Waals surface area (Å²) in [6, 6.07) is 10.1. The number of amides is 1. The maximum atomic E-state index is 12.7. The Morgan fingerprint density at radius 2 is 1.83 bits per heavy atom. The summed E-state index contributed by atoms with van der Waals surface area (Å²) < 4.78 is 1.99. The van der Waals surface area contributed by atoms with E-state index < -0.39 is 0 Å². The summed E-state index contributed by atoms with van der Waals surface area (Å²) in [6.07, 6.45) is 2.55. The van der Waals surface area contributed by atoms with Crippen molar-refractivity contribution in [1.29, 1.82) is 0 Å². The summed E-state index contributed by atoms with van der Waals surface area (Å²) in [6.45, 7) is 5.25. The highest BCUT2D eigenvalue weighted by atomic mass is 16.2. The molecule has 0 radical (unpaired) electrons. The lowest BCUT2D eigenvalue weighted by atomic mass is 10.1. The van der Waals surface area contributed by atoms with Gasteiger partial charge in [0.1, 0.15) is 5.82 Å². The number of carbonyl (C=O) groups excluding carboxylic acids is 1. The number of benzene rings is 1. The normalized spacial score (nSPS) is 18.1. The van der Waals surface area contributed by atoms with Gasteiger partial charge in [-0.1, -0.05) is 18.2 Å². The predicted octanol–water partition coefficient (Wildman–Crippen LogP) is 2.57. The predicted molar refractivity (Wildman–Crippen MR) is 94.5 cm³/mol. The molecule has 5 heteroatoms. The Bertz CT molecular complexity index is 754. The lowest BCUT2D eigenvalue weighted by Crippen LogP contribution is -2.49. The minimum Gasteiger partial charge on any atom is -0.353 e. The van der Waals surface area contributed by atoms with Crippen LogP contribution >= 0.6 is 0 Å². The van der Waals surface area contributed by atoms with Crippen LogP contribution in [0.4, 0.5) is 5.82 Å². The fourth-order valence-electron chi connectivity index (χ4n) is 3.48. The van der Waals surface area contributed by atoms with Gasteiger partial charge in [-0.25, -0.2) is 0 Å². The third-order valence-electron chi connectivity index (χ3n) is 5.14. The highest BCUT2D eigenvalue weighted by molar-refractivity contribution is 5.95. The molecule has 2 aliphatic rings. The van der Waals surface area contributed by atoms with E-state index in [4.69, 9.17) is 0 Å². The van der Waals surface area contributed by atoms with E-state index in [1.54, 1.807) is 0 Å². The monoisotopic (exact) mass is 324 g/mol. The van der Waals surface area contributed by atoms with E-state index in [1.165, 1.54) is 24.4 Å². The third-order valence-corrected chi connectivity index (χ3v) is 5.14. The molecule has 2 heterocycles. The maximum absolute atomic E-state index is 12.7. The number of aryl methyl sites for hydroxylation is 2. The zero-order valence-electron chi connectivity index (χ0n) is 14.4. The molecule has 0 atom stereocenters. The molecule has 1 aromatic heterocycles. The van der Waals surface area contributed by atoms with Gasteiger partial charge in [0.2, 0.25) is 0 Å². The second-order valence-corrected chi connectivity index (χ2v) is 6.92. The highest BCUT2D eigenvalue weighted by Gasteiger charge is 2.29. The van der Waals surface area contributed by atoms with Crippen molar-refractivity contribution >= 4 is 11.7 Å². The second-order valence-electron chi connectivity index (χ2n) is 6.92. The van der Waals surface area contributed by atoms with E-state index in [-0.39, 0.29) is 5.91 Å². The molecule has 1 saturated heterocycles. The first-order valence-corrected chi connectivity index (χ1v) is 8.77. The van der Waals surface area contributed by atoms with Crippen molar-refractivity contribution in [3.8, 4) is 0 Å². The molecule has 2 fully saturated rings. The molecule has 0 unspecified atom stereocenters. The largest absolute Gasteiger partial charge is 0.353 e. The maximum Gasteiger partial charge on any atom is 0.254 e. The molecule has 0 spiro atoms. The van der Waals surface area contributed by atoms with Crippen molar-refractivity contribution < 1.29 is 4.79 Å². The van der Waals surface area contributed by atoms with Crippen LogP contribution in [0, 0.1) is 6.92 Å². The SMILES string of the molecule is Cc1ccccc1C(=O)N1CCN(c2cc(C3CC3)nn2C)CC1. The Balaban J connectivity index is 1.43. The van der Waals surface area contributed by atoms with Crippen molar-refractivity contribution in [2.75, 3.05) is 31.1 Å². The number of piperazine rings is 1. The van der Waals surface area contributed by atoms with E-state index in [9.17, 15) is 4.79 Å². The Kier molecular flexibility index (Phi) is 3.79. The summed E-state index contributed by atoms with van der Waals surface area (Å²) >= 11 is 0. The average molecular weight is 324 g/mol. The number of hydrogen-bond acceptors (Lipinski definition) is 3. The Hall–Kier alpha value is -2.30. The smallest absolute Gasteiger partial charge is 0.254 e. The van der Waals surface area contributed by atoms with Gasteiger partial charge < -0.3 is 9.80 Å². The highest BCUT2D eigenvalue weighted by Crippen LogP contribution is 2.40. The molecule has 1 amide bonds. The standard InChI is InChI=1S/C19H24N4O/c1-14-5-3-4-6-16(14)19(24)23-11-9-22(10-12-23)18-13-17(15-7-8-15)20-21(18)2/h3-6,13,15H,7-12H2,1-2H3. The molecule has 1 aromatic carbocycles. The van der Waals surface area contributed by atoms with Crippen LogP contribution in [-0.4, -0.2) is 46.8 Å². The van der Waals surface area contributed by atoms with Crippen molar-refractivity contribution in [2.24, 2.45) is 7.05 Å². The molecule has 24 heavy (non-hydrogen) atoms. The summed E-state index contributed by atoms with van der Waals surface area (Å²) in [5, 5.41) is 4.66.